The fourth-order valence-electron chi connectivity index (χ4n) is 4.28. The third-order valence-electron chi connectivity index (χ3n) is 5.84. The summed E-state index contributed by atoms with van der Waals surface area (Å²) >= 11 is 0. The van der Waals surface area contributed by atoms with Crippen LogP contribution in [0.2, 0.25) is 0 Å². The van der Waals surface area contributed by atoms with Crippen LogP contribution >= 0.6 is 0 Å². The Balaban J connectivity index is 1.39. The Morgan fingerprint density at radius 2 is 2.09 bits per heavy atom. The van der Waals surface area contributed by atoms with Crippen molar-refractivity contribution in [1.29, 1.82) is 0 Å². The molecule has 1 fully saturated rings. The molecule has 7 nitrogen and oxygen atoms in total. The van der Waals surface area contributed by atoms with Gasteiger partial charge in [-0.1, -0.05) is 18.2 Å². The summed E-state index contributed by atoms with van der Waals surface area (Å²) in [7, 11) is 0. The lowest BCUT2D eigenvalue weighted by atomic mass is 9.98. The van der Waals surface area contributed by atoms with Gasteiger partial charge in [-0.25, -0.2) is 9.37 Å². The zero-order chi connectivity index (χ0) is 23.4. The highest BCUT2D eigenvalue weighted by Gasteiger charge is 2.35. The fraction of sp³-hybridized carbons (Fsp3) is 0.400. The Morgan fingerprint density at radius 1 is 1.24 bits per heavy atom. The van der Waals surface area contributed by atoms with Gasteiger partial charge in [0.05, 0.1) is 19.6 Å². The lowest BCUT2D eigenvalue weighted by Crippen LogP contribution is -2.57. The van der Waals surface area contributed by atoms with Crippen LogP contribution in [0.5, 0.6) is 0 Å². The summed E-state index contributed by atoms with van der Waals surface area (Å²) in [6, 6.07) is 9.95. The van der Waals surface area contributed by atoms with Crippen LogP contribution < -0.4 is 5.32 Å². The molecule has 1 saturated heterocycles. The van der Waals surface area contributed by atoms with Crippen molar-refractivity contribution in [2.45, 2.75) is 32.2 Å². The molecule has 33 heavy (non-hydrogen) atoms. The molecule has 0 radical (unpaired) electrons. The number of hydrogen-bond donors (Lipinski definition) is 1. The smallest absolute Gasteiger partial charge is 0.247 e. The molecule has 4 rings (SSSR count). The van der Waals surface area contributed by atoms with E-state index in [-0.39, 0.29) is 24.2 Å². The molecule has 0 spiro atoms. The molecule has 1 unspecified atom stereocenters. The molecule has 1 N–H and O–H groups in total. The highest BCUT2D eigenvalue weighted by molar-refractivity contribution is 5.91. The van der Waals surface area contributed by atoms with E-state index in [4.69, 9.17) is 4.74 Å². The topological polar surface area (TPSA) is 75.9 Å². The van der Waals surface area contributed by atoms with E-state index in [9.17, 15) is 14.0 Å². The number of ether oxygens (including phenoxy) is 1. The number of amides is 2. The maximum Gasteiger partial charge on any atom is 0.247 e. The van der Waals surface area contributed by atoms with Crippen LogP contribution in [0.1, 0.15) is 25.0 Å². The number of pyridine rings is 1. The number of imidazole rings is 1. The van der Waals surface area contributed by atoms with Gasteiger partial charge in [0.15, 0.2) is 0 Å². The zero-order valence-corrected chi connectivity index (χ0v) is 19.0. The second-order valence-corrected chi connectivity index (χ2v) is 9.11. The van der Waals surface area contributed by atoms with Crippen molar-refractivity contribution >= 4 is 17.5 Å². The van der Waals surface area contributed by atoms with Gasteiger partial charge in [0.25, 0.3) is 0 Å². The van der Waals surface area contributed by atoms with Crippen LogP contribution in [0, 0.1) is 11.7 Å². The Morgan fingerprint density at radius 3 is 2.91 bits per heavy atom. The standard InChI is InChI=1S/C25H29FN4O3/c1-25(2,28-23(31)14-18-4-3-5-21(26)13-18)24(32)30-10-11-33-17-20(16-30)12-19-6-7-22-27-8-9-29(22)15-19/h3-9,13,15,20H,10-12,14,16-17H2,1-2H3,(H,28,31). The normalized spacial score (nSPS) is 17.1. The number of aromatic nitrogens is 2. The second kappa shape index (κ2) is 9.70. The maximum atomic E-state index is 13.4. The molecule has 0 bridgehead atoms. The molecule has 1 aromatic carbocycles. The van der Waals surface area contributed by atoms with Gasteiger partial charge in [0.1, 0.15) is 17.0 Å². The second-order valence-electron chi connectivity index (χ2n) is 9.11. The van der Waals surface area contributed by atoms with E-state index in [0.717, 1.165) is 17.6 Å². The highest BCUT2D eigenvalue weighted by Crippen LogP contribution is 2.18. The zero-order valence-electron chi connectivity index (χ0n) is 19.0. The van der Waals surface area contributed by atoms with Crippen molar-refractivity contribution in [3.63, 3.8) is 0 Å². The minimum Gasteiger partial charge on any atom is -0.379 e. The predicted molar refractivity (Wildman–Crippen MR) is 122 cm³/mol. The molecule has 174 valence electrons. The van der Waals surface area contributed by atoms with Crippen LogP contribution in [0.25, 0.3) is 5.65 Å². The molecular formula is C25H29FN4O3. The van der Waals surface area contributed by atoms with Crippen molar-refractivity contribution in [3.05, 3.63) is 71.9 Å². The van der Waals surface area contributed by atoms with Crippen LogP contribution in [0.3, 0.4) is 0 Å². The van der Waals surface area contributed by atoms with Gasteiger partial charge in [0, 0.05) is 37.6 Å². The molecule has 1 aliphatic rings. The number of hydrogen-bond acceptors (Lipinski definition) is 4. The first kappa shape index (κ1) is 22.9. The number of carbonyl (C=O) groups is 2. The molecule has 3 aromatic rings. The van der Waals surface area contributed by atoms with Crippen molar-refractivity contribution in [2.24, 2.45) is 5.92 Å². The molecule has 1 aliphatic heterocycles. The summed E-state index contributed by atoms with van der Waals surface area (Å²) in [4.78, 5) is 31.9. The van der Waals surface area contributed by atoms with Gasteiger partial charge in [-0.3, -0.25) is 9.59 Å². The van der Waals surface area contributed by atoms with Crippen LogP contribution in [-0.4, -0.2) is 57.9 Å². The summed E-state index contributed by atoms with van der Waals surface area (Å²) in [6.07, 6.45) is 6.50. The summed E-state index contributed by atoms with van der Waals surface area (Å²) in [6.45, 7) is 5.44. The molecule has 0 saturated carbocycles. The summed E-state index contributed by atoms with van der Waals surface area (Å²) < 4.78 is 21.2. The average Bonchev–Trinajstić information content (AvgIpc) is 3.10. The third kappa shape index (κ3) is 5.76. The number of halogens is 1. The lowest BCUT2D eigenvalue weighted by molar-refractivity contribution is -0.140. The summed E-state index contributed by atoms with van der Waals surface area (Å²) in [5.41, 5.74) is 1.51. The largest absolute Gasteiger partial charge is 0.379 e. The summed E-state index contributed by atoms with van der Waals surface area (Å²) in [5, 5.41) is 2.82. The minimum atomic E-state index is -1.09. The van der Waals surface area contributed by atoms with Gasteiger partial charge >= 0.3 is 0 Å². The van der Waals surface area contributed by atoms with E-state index in [1.165, 1.54) is 12.1 Å². The lowest BCUT2D eigenvalue weighted by Gasteiger charge is -2.33. The molecule has 2 aromatic heterocycles. The third-order valence-corrected chi connectivity index (χ3v) is 5.84. The van der Waals surface area contributed by atoms with Gasteiger partial charge in [-0.15, -0.1) is 0 Å². The maximum absolute atomic E-state index is 13.4. The van der Waals surface area contributed by atoms with Crippen molar-refractivity contribution in [1.82, 2.24) is 19.6 Å². The van der Waals surface area contributed by atoms with E-state index in [2.05, 4.69) is 22.6 Å². The predicted octanol–water partition coefficient (Wildman–Crippen LogP) is 2.63. The first-order valence-electron chi connectivity index (χ1n) is 11.1. The Labute approximate surface area is 192 Å². The van der Waals surface area contributed by atoms with E-state index in [1.807, 2.05) is 16.7 Å². The molecule has 0 aliphatic carbocycles. The molecule has 8 heteroatoms. The van der Waals surface area contributed by atoms with E-state index >= 15 is 0 Å². The van der Waals surface area contributed by atoms with E-state index in [0.29, 0.717) is 31.9 Å². The highest BCUT2D eigenvalue weighted by atomic mass is 19.1. The molecule has 3 heterocycles. The average molecular weight is 453 g/mol. The van der Waals surface area contributed by atoms with E-state index in [1.54, 1.807) is 37.1 Å². The first-order valence-corrected chi connectivity index (χ1v) is 11.1. The molecular weight excluding hydrogens is 423 g/mol. The van der Waals surface area contributed by atoms with E-state index < -0.39 is 11.4 Å². The van der Waals surface area contributed by atoms with Crippen LogP contribution in [0.4, 0.5) is 4.39 Å². The van der Waals surface area contributed by atoms with Crippen molar-refractivity contribution < 1.29 is 18.7 Å². The Kier molecular flexibility index (Phi) is 6.74. The number of benzene rings is 1. The number of nitrogens with one attached hydrogen (secondary N) is 1. The number of fused-ring (bicyclic) bond motifs is 1. The van der Waals surface area contributed by atoms with Gasteiger partial charge < -0.3 is 19.4 Å². The summed E-state index contributed by atoms with van der Waals surface area (Å²) in [5.74, 6) is -0.736. The Hall–Kier alpha value is -3.26. The van der Waals surface area contributed by atoms with Gasteiger partial charge in [0.2, 0.25) is 11.8 Å². The number of carbonyl (C=O) groups excluding carboxylic acids is 2. The first-order chi connectivity index (χ1) is 15.8. The SMILES string of the molecule is CC(C)(NC(=O)Cc1cccc(F)c1)C(=O)N1CCOCC(Cc2ccc3nccn3c2)C1. The Bertz CT molecular complexity index is 1140. The number of nitrogens with zero attached hydrogens (tertiary/aromatic N) is 3. The monoisotopic (exact) mass is 452 g/mol. The van der Waals surface area contributed by atoms with Crippen LogP contribution in [-0.2, 0) is 27.2 Å². The molecule has 2 amide bonds. The minimum absolute atomic E-state index is 0.0108. The van der Waals surface area contributed by atoms with Crippen LogP contribution in [0.15, 0.2) is 55.0 Å². The quantitative estimate of drug-likeness (QED) is 0.624. The number of rotatable bonds is 6. The van der Waals surface area contributed by atoms with Crippen molar-refractivity contribution in [2.75, 3.05) is 26.3 Å². The molecule has 1 atom stereocenters. The van der Waals surface area contributed by atoms with Crippen molar-refractivity contribution in [3.8, 4) is 0 Å². The fourth-order valence-corrected chi connectivity index (χ4v) is 4.28. The van der Waals surface area contributed by atoms with Gasteiger partial charge in [-0.05, 0) is 49.6 Å². The van der Waals surface area contributed by atoms with Gasteiger partial charge in [-0.2, -0.15) is 0 Å².